The molecule has 184 valence electrons. The number of phenols is 2. The third-order valence-corrected chi connectivity index (χ3v) is 5.73. The average Bonchev–Trinajstić information content (AvgIpc) is 3.14. The minimum atomic E-state index is -1.01. The zero-order chi connectivity index (χ0) is 23.7. The highest BCUT2D eigenvalue weighted by Gasteiger charge is 2.22. The number of benzene rings is 3. The summed E-state index contributed by atoms with van der Waals surface area (Å²) < 4.78 is 1.62. The van der Waals surface area contributed by atoms with Gasteiger partial charge in [-0.25, -0.2) is 0 Å². The molecule has 0 radical (unpaired) electrons. The molecular weight excluding hydrogens is 462 g/mol. The highest BCUT2D eigenvalue weighted by atomic mass is 35.5. The molecule has 0 saturated carbocycles. The van der Waals surface area contributed by atoms with E-state index in [2.05, 4.69) is 20.3 Å². The molecule has 0 amide bonds. The Morgan fingerprint density at radius 2 is 1.85 bits per heavy atom. The van der Waals surface area contributed by atoms with Crippen molar-refractivity contribution < 1.29 is 20.4 Å². The van der Waals surface area contributed by atoms with Crippen molar-refractivity contribution in [1.82, 2.24) is 20.0 Å². The van der Waals surface area contributed by atoms with E-state index >= 15 is 0 Å². The van der Waals surface area contributed by atoms with Crippen LogP contribution in [0.3, 0.4) is 0 Å². The van der Waals surface area contributed by atoms with Crippen LogP contribution in [0.15, 0.2) is 34.1 Å². The summed E-state index contributed by atoms with van der Waals surface area (Å²) in [6, 6.07) is 6.07. The van der Waals surface area contributed by atoms with Crippen LogP contribution in [-0.4, -0.2) is 88.1 Å². The molecule has 3 aromatic carbocycles. The van der Waals surface area contributed by atoms with E-state index < -0.39 is 12.7 Å². The van der Waals surface area contributed by atoms with Crippen LogP contribution in [-0.2, 0) is 6.54 Å². The Balaban J connectivity index is 0.00000324. The number of aromatic hydroxyl groups is 2. The van der Waals surface area contributed by atoms with Crippen molar-refractivity contribution in [3.63, 3.8) is 0 Å². The zero-order valence-corrected chi connectivity index (χ0v) is 19.9. The van der Waals surface area contributed by atoms with E-state index in [1.54, 1.807) is 16.8 Å². The molecule has 11 heteroatoms. The van der Waals surface area contributed by atoms with Gasteiger partial charge in [-0.05, 0) is 38.4 Å². The lowest BCUT2D eigenvalue weighted by Crippen LogP contribution is -2.28. The molecular formula is C23H30ClN5O5. The normalized spacial score (nSPS) is 13.4. The molecule has 4 rings (SSSR count). The monoisotopic (exact) mass is 491 g/mol. The van der Waals surface area contributed by atoms with Crippen molar-refractivity contribution in [2.24, 2.45) is 4.99 Å². The minimum Gasteiger partial charge on any atom is -0.507 e. The molecule has 1 heterocycles. The smallest absolute Gasteiger partial charge is 0.189 e. The van der Waals surface area contributed by atoms with Gasteiger partial charge < -0.3 is 30.6 Å². The van der Waals surface area contributed by atoms with Crippen LogP contribution in [0.1, 0.15) is 0 Å². The van der Waals surface area contributed by atoms with Gasteiger partial charge in [-0.2, -0.15) is 0 Å². The Hall–Kier alpha value is -2.89. The fraction of sp³-hybridized carbons (Fsp3) is 0.391. The molecule has 10 nitrogen and oxygen atoms in total. The predicted molar refractivity (Wildman–Crippen MR) is 134 cm³/mol. The third kappa shape index (κ3) is 4.68. The van der Waals surface area contributed by atoms with Gasteiger partial charge in [0.1, 0.15) is 11.5 Å². The maximum Gasteiger partial charge on any atom is 0.189 e. The summed E-state index contributed by atoms with van der Waals surface area (Å²) in [6.07, 6.45) is -1.01. The van der Waals surface area contributed by atoms with Gasteiger partial charge in [0.15, 0.2) is 5.43 Å². The fourth-order valence-electron chi connectivity index (χ4n) is 4.14. The summed E-state index contributed by atoms with van der Waals surface area (Å²) in [6.45, 7) is 2.50. The number of aromatic amines is 1. The number of nitrogens with zero attached hydrogens (tertiary/aromatic N) is 3. The molecule has 0 aliphatic rings. The second-order valence-electron chi connectivity index (χ2n) is 8.40. The van der Waals surface area contributed by atoms with Crippen LogP contribution in [0, 0.1) is 0 Å². The average molecular weight is 492 g/mol. The molecule has 0 spiro atoms. The van der Waals surface area contributed by atoms with Crippen molar-refractivity contribution in [2.75, 3.05) is 46.9 Å². The Labute approximate surface area is 201 Å². The van der Waals surface area contributed by atoms with Gasteiger partial charge in [0.25, 0.3) is 0 Å². The topological polar surface area (TPSA) is 146 Å². The number of aliphatic hydroxyl groups excluding tert-OH is 2. The van der Waals surface area contributed by atoms with E-state index in [9.17, 15) is 25.2 Å². The number of hydrogen-bond acceptors (Lipinski definition) is 8. The van der Waals surface area contributed by atoms with Gasteiger partial charge in [-0.3, -0.25) is 19.6 Å². The predicted octanol–water partition coefficient (Wildman–Crippen LogP) is 0.312. The highest BCUT2D eigenvalue weighted by molar-refractivity contribution is 6.23. The first-order chi connectivity index (χ1) is 15.8. The second kappa shape index (κ2) is 10.6. The number of halogens is 1. The summed E-state index contributed by atoms with van der Waals surface area (Å²) in [7, 11) is 4.01. The first-order valence-electron chi connectivity index (χ1n) is 10.8. The van der Waals surface area contributed by atoms with Gasteiger partial charge in [-0.1, -0.05) is 0 Å². The van der Waals surface area contributed by atoms with Crippen molar-refractivity contribution in [1.29, 1.82) is 0 Å². The van der Waals surface area contributed by atoms with Crippen LogP contribution in [0.25, 0.3) is 32.6 Å². The first kappa shape index (κ1) is 25.7. The van der Waals surface area contributed by atoms with Gasteiger partial charge in [0, 0.05) is 25.0 Å². The Morgan fingerprint density at radius 1 is 1.09 bits per heavy atom. The van der Waals surface area contributed by atoms with Crippen LogP contribution < -0.4 is 16.1 Å². The maximum absolute atomic E-state index is 12.7. The maximum atomic E-state index is 12.7. The Bertz CT molecular complexity index is 1410. The number of aromatic nitrogens is 2. The fourth-order valence-corrected chi connectivity index (χ4v) is 4.14. The standard InChI is InChI=1S/C23H29N5O5.ClH/c1-27(2)10-9-24-7-8-25-14-3-4-15-19-18(14)23(33)21-17(32)6-5-16(31)20(21)22(19)26-28(15)11-13(30)12-29;/h3-6,13,24,26,29-30,32-33H,7-12H2,1-2H3;1H. The minimum absolute atomic E-state index is 0. The lowest BCUT2D eigenvalue weighted by molar-refractivity contribution is 0.0795. The zero-order valence-electron chi connectivity index (χ0n) is 19.1. The van der Waals surface area contributed by atoms with E-state index in [1.807, 2.05) is 14.1 Å². The molecule has 0 aliphatic heterocycles. The summed E-state index contributed by atoms with van der Waals surface area (Å²) in [4.78, 5) is 19.4. The number of phenolic OH excluding ortho intramolecular Hbond substituents is 2. The number of rotatable bonds is 9. The van der Waals surface area contributed by atoms with Crippen molar-refractivity contribution >= 4 is 45.0 Å². The molecule has 1 aromatic heterocycles. The molecule has 0 fully saturated rings. The van der Waals surface area contributed by atoms with Crippen LogP contribution >= 0.6 is 12.4 Å². The van der Waals surface area contributed by atoms with Gasteiger partial charge in [0.2, 0.25) is 0 Å². The lowest BCUT2D eigenvalue weighted by Gasteiger charge is -2.10. The van der Waals surface area contributed by atoms with E-state index in [4.69, 9.17) is 0 Å². The molecule has 1 atom stereocenters. The molecule has 4 aromatic rings. The summed E-state index contributed by atoms with van der Waals surface area (Å²) in [5.74, 6) is -0.427. The number of hydrogen-bond donors (Lipinski definition) is 6. The number of H-pyrrole nitrogens is 1. The van der Waals surface area contributed by atoms with Gasteiger partial charge in [0.05, 0.1) is 58.3 Å². The van der Waals surface area contributed by atoms with Gasteiger partial charge in [-0.15, -0.1) is 12.4 Å². The lowest BCUT2D eigenvalue weighted by atomic mass is 9.99. The van der Waals surface area contributed by atoms with Crippen LogP contribution in [0.2, 0.25) is 0 Å². The molecule has 0 saturated heterocycles. The highest BCUT2D eigenvalue weighted by Crippen LogP contribution is 2.41. The summed E-state index contributed by atoms with van der Waals surface area (Å²) >= 11 is 0. The number of nitrogens with one attached hydrogen (secondary N) is 2. The van der Waals surface area contributed by atoms with Crippen LogP contribution in [0.5, 0.6) is 11.5 Å². The third-order valence-electron chi connectivity index (χ3n) is 5.73. The van der Waals surface area contributed by atoms with Crippen molar-refractivity contribution in [3.05, 3.63) is 39.8 Å². The number of aliphatic hydroxyl groups is 2. The van der Waals surface area contributed by atoms with E-state index in [1.165, 1.54) is 12.1 Å². The number of likely N-dealkylation sites (N-methyl/N-ethyl adjacent to an activating group) is 1. The van der Waals surface area contributed by atoms with Crippen molar-refractivity contribution in [2.45, 2.75) is 12.6 Å². The van der Waals surface area contributed by atoms with E-state index in [0.717, 1.165) is 13.1 Å². The SMILES string of the molecule is CN(C)CCNCCN=c1ccc2c3c1c(O)c1c(O)ccc(=O)c1c3[nH]n2CC(O)CO.Cl. The number of fused-ring (bicyclic) bond motifs is 2. The molecule has 0 bridgehead atoms. The second-order valence-corrected chi connectivity index (χ2v) is 8.40. The molecule has 6 N–H and O–H groups in total. The van der Waals surface area contributed by atoms with Gasteiger partial charge >= 0.3 is 0 Å². The summed E-state index contributed by atoms with van der Waals surface area (Å²) in [5.41, 5.74) is 0.709. The molecule has 34 heavy (non-hydrogen) atoms. The van der Waals surface area contributed by atoms with E-state index in [0.29, 0.717) is 40.3 Å². The molecule has 1 unspecified atom stereocenters. The van der Waals surface area contributed by atoms with E-state index in [-0.39, 0.29) is 46.7 Å². The summed E-state index contributed by atoms with van der Waals surface area (Å²) in [5, 5.41) is 49.1. The molecule has 0 aliphatic carbocycles. The quantitative estimate of drug-likeness (QED) is 0.146. The van der Waals surface area contributed by atoms with Crippen LogP contribution in [0.4, 0.5) is 0 Å². The van der Waals surface area contributed by atoms with Crippen molar-refractivity contribution in [3.8, 4) is 11.5 Å². The first-order valence-corrected chi connectivity index (χ1v) is 10.8. The Kier molecular flexibility index (Phi) is 8.01. The largest absolute Gasteiger partial charge is 0.507 e. The Morgan fingerprint density at radius 3 is 2.56 bits per heavy atom.